The number of fused-ring (bicyclic) bond motifs is 1. The van der Waals surface area contributed by atoms with Crippen LogP contribution in [-0.2, 0) is 27.4 Å². The molecular weight excluding hydrogens is 650 g/mol. The van der Waals surface area contributed by atoms with E-state index in [1.165, 1.54) is 17.0 Å². The molecule has 4 amide bonds. The van der Waals surface area contributed by atoms with Crippen LogP contribution in [0.5, 0.6) is 11.5 Å². The normalized spacial score (nSPS) is 16.0. The number of imide groups is 1. The highest BCUT2D eigenvalue weighted by molar-refractivity contribution is 6.06. The van der Waals surface area contributed by atoms with Crippen LogP contribution in [0, 0.1) is 10.1 Å². The Morgan fingerprint density at radius 1 is 1.12 bits per heavy atom. The molecule has 272 valence electrons. The number of likely N-dealkylation sites (N-methyl/N-ethyl adjacent to an activating group) is 1. The Labute approximate surface area is 291 Å². The number of rotatable bonds is 14. The Balaban J connectivity index is 1.53. The zero-order chi connectivity index (χ0) is 36.4. The maximum Gasteiger partial charge on any atom is 0.410 e. The predicted octanol–water partition coefficient (Wildman–Crippen LogP) is 2.42. The van der Waals surface area contributed by atoms with Gasteiger partial charge in [-0.3, -0.25) is 29.8 Å². The van der Waals surface area contributed by atoms with Gasteiger partial charge in [0.2, 0.25) is 18.6 Å². The summed E-state index contributed by atoms with van der Waals surface area (Å²) in [7, 11) is 1.61. The number of carbonyl (C=O) groups excluding carboxylic acids is 4. The summed E-state index contributed by atoms with van der Waals surface area (Å²) in [5.41, 5.74) is 5.30. The monoisotopic (exact) mass is 697 g/mol. The maximum atomic E-state index is 13.9. The average Bonchev–Trinajstić information content (AvgIpc) is 3.54. The van der Waals surface area contributed by atoms with Crippen LogP contribution in [0.1, 0.15) is 67.9 Å². The van der Waals surface area contributed by atoms with Crippen LogP contribution >= 0.6 is 0 Å². The lowest BCUT2D eigenvalue weighted by Gasteiger charge is -2.35. The van der Waals surface area contributed by atoms with E-state index in [0.29, 0.717) is 49.5 Å². The number of nitro benzene ring substituents is 1. The van der Waals surface area contributed by atoms with E-state index < -0.39 is 40.5 Å². The topological polar surface area (TPSA) is 208 Å². The van der Waals surface area contributed by atoms with Crippen molar-refractivity contribution < 1.29 is 38.3 Å². The van der Waals surface area contributed by atoms with Gasteiger partial charge in [-0.25, -0.2) is 4.79 Å². The number of nitrogens with one attached hydrogen (secondary N) is 3. The molecule has 50 heavy (non-hydrogen) atoms. The number of amides is 4. The van der Waals surface area contributed by atoms with Gasteiger partial charge in [-0.2, -0.15) is 0 Å². The fraction of sp³-hybridized carbons (Fsp3) is 0.529. The molecule has 0 aromatic heterocycles. The Bertz CT molecular complexity index is 1560. The number of ether oxygens (including phenoxy) is 3. The van der Waals surface area contributed by atoms with E-state index in [9.17, 15) is 29.3 Å². The third kappa shape index (κ3) is 10.6. The fourth-order valence-corrected chi connectivity index (χ4v) is 5.67. The molecule has 1 saturated heterocycles. The van der Waals surface area contributed by atoms with E-state index in [2.05, 4.69) is 16.0 Å². The molecule has 2 heterocycles. The Hall–Kier alpha value is -4.80. The third-order valence-corrected chi connectivity index (χ3v) is 8.25. The summed E-state index contributed by atoms with van der Waals surface area (Å²) >= 11 is 0. The molecule has 0 saturated carbocycles. The van der Waals surface area contributed by atoms with Crippen molar-refractivity contribution in [1.82, 2.24) is 25.8 Å². The van der Waals surface area contributed by atoms with Gasteiger partial charge in [-0.1, -0.05) is 12.5 Å². The molecule has 1 fully saturated rings. The first kappa shape index (κ1) is 38.0. The Morgan fingerprint density at radius 3 is 2.58 bits per heavy atom. The second-order valence-corrected chi connectivity index (χ2v) is 13.3. The molecule has 0 aliphatic carbocycles. The minimum Gasteiger partial charge on any atom is -0.454 e. The number of nitrogens with two attached hydrogens (primary N) is 1. The lowest BCUT2D eigenvalue weighted by atomic mass is 10.1. The first-order chi connectivity index (χ1) is 23.8. The summed E-state index contributed by atoms with van der Waals surface area (Å²) in [6.07, 6.45) is 1.41. The number of hydrogen-bond acceptors (Lipinski definition) is 12. The Morgan fingerprint density at radius 2 is 1.88 bits per heavy atom. The summed E-state index contributed by atoms with van der Waals surface area (Å²) in [6.45, 7) is 6.95. The molecule has 0 bridgehead atoms. The number of unbranched alkanes of at least 4 members (excludes halogenated alkanes) is 1. The van der Waals surface area contributed by atoms with Crippen molar-refractivity contribution in [3.63, 3.8) is 0 Å². The van der Waals surface area contributed by atoms with Crippen molar-refractivity contribution in [2.24, 2.45) is 5.73 Å². The standard InChI is InChI=1S/C34H47N7O9/c1-34(2,3)50-33(45)39-14-13-37-25(20-39)17-30(42)40(18-22-8-11-28-29(15-22)49-21-48-28)19-24-10-9-23(16-27(24)41(46)47)31(43)38-32(44)26(36-4)7-5-6-12-35/h8-11,15-16,25-26,36-37H,5-7,12-14,17-21,35H2,1-4H3,(H,38,43,44). The van der Waals surface area contributed by atoms with Crippen molar-refractivity contribution in [1.29, 1.82) is 0 Å². The zero-order valence-electron chi connectivity index (χ0n) is 29.0. The van der Waals surface area contributed by atoms with Crippen LogP contribution in [-0.4, -0.2) is 96.2 Å². The molecule has 2 aliphatic rings. The highest BCUT2D eigenvalue weighted by atomic mass is 16.7. The van der Waals surface area contributed by atoms with Gasteiger partial charge in [-0.15, -0.1) is 0 Å². The van der Waals surface area contributed by atoms with Crippen LogP contribution in [0.4, 0.5) is 10.5 Å². The zero-order valence-corrected chi connectivity index (χ0v) is 29.0. The van der Waals surface area contributed by atoms with E-state index in [-0.39, 0.29) is 55.6 Å². The highest BCUT2D eigenvalue weighted by Gasteiger charge is 2.31. The van der Waals surface area contributed by atoms with E-state index in [1.54, 1.807) is 50.9 Å². The van der Waals surface area contributed by atoms with Gasteiger partial charge in [0, 0.05) is 55.8 Å². The number of piperazine rings is 1. The van der Waals surface area contributed by atoms with E-state index >= 15 is 0 Å². The molecule has 2 aromatic carbocycles. The quantitative estimate of drug-likeness (QED) is 0.128. The second-order valence-electron chi connectivity index (χ2n) is 13.3. The van der Waals surface area contributed by atoms with Crippen molar-refractivity contribution in [3.8, 4) is 11.5 Å². The number of carbonyl (C=O) groups is 4. The summed E-state index contributed by atoms with van der Waals surface area (Å²) < 4.78 is 16.4. The van der Waals surface area contributed by atoms with Crippen LogP contribution in [0.25, 0.3) is 0 Å². The van der Waals surface area contributed by atoms with E-state index in [0.717, 1.165) is 12.5 Å². The van der Waals surface area contributed by atoms with Crippen LogP contribution < -0.4 is 31.2 Å². The number of nitrogens with zero attached hydrogens (tertiary/aromatic N) is 3. The van der Waals surface area contributed by atoms with Gasteiger partial charge >= 0.3 is 6.09 Å². The molecule has 2 aliphatic heterocycles. The summed E-state index contributed by atoms with van der Waals surface area (Å²) in [6, 6.07) is 8.14. The fourth-order valence-electron chi connectivity index (χ4n) is 5.67. The number of hydrogen-bond donors (Lipinski definition) is 4. The van der Waals surface area contributed by atoms with Crippen LogP contribution in [0.2, 0.25) is 0 Å². The van der Waals surface area contributed by atoms with Crippen LogP contribution in [0.15, 0.2) is 36.4 Å². The van der Waals surface area contributed by atoms with E-state index in [1.807, 2.05) is 0 Å². The second kappa shape index (κ2) is 17.2. The van der Waals surface area contributed by atoms with Gasteiger partial charge in [-0.05, 0) is 77.0 Å². The Kier molecular flexibility index (Phi) is 13.1. The molecule has 0 spiro atoms. The van der Waals surface area contributed by atoms with Gasteiger partial charge in [0.25, 0.3) is 11.6 Å². The van der Waals surface area contributed by atoms with Crippen LogP contribution in [0.3, 0.4) is 0 Å². The predicted molar refractivity (Wildman–Crippen MR) is 182 cm³/mol. The molecule has 5 N–H and O–H groups in total. The average molecular weight is 698 g/mol. The van der Waals surface area contributed by atoms with Crippen molar-refractivity contribution in [3.05, 3.63) is 63.2 Å². The largest absolute Gasteiger partial charge is 0.454 e. The smallest absolute Gasteiger partial charge is 0.410 e. The van der Waals surface area contributed by atoms with Crippen molar-refractivity contribution >= 4 is 29.5 Å². The van der Waals surface area contributed by atoms with Crippen molar-refractivity contribution in [2.75, 3.05) is 40.0 Å². The van der Waals surface area contributed by atoms with Gasteiger partial charge in [0.15, 0.2) is 11.5 Å². The summed E-state index contributed by atoms with van der Waals surface area (Å²) in [5, 5.41) is 20.7. The molecule has 4 rings (SSSR count). The molecule has 2 unspecified atom stereocenters. The summed E-state index contributed by atoms with van der Waals surface area (Å²) in [4.78, 5) is 67.1. The van der Waals surface area contributed by atoms with Crippen molar-refractivity contribution in [2.45, 2.75) is 77.2 Å². The number of benzene rings is 2. The first-order valence-corrected chi connectivity index (χ1v) is 16.7. The lowest BCUT2D eigenvalue weighted by Crippen LogP contribution is -2.54. The van der Waals surface area contributed by atoms with Gasteiger partial charge in [0.05, 0.1) is 17.5 Å². The lowest BCUT2D eigenvalue weighted by molar-refractivity contribution is -0.385. The SMILES string of the molecule is CNC(CCCCN)C(=O)NC(=O)c1ccc(CN(Cc2ccc3c(c2)OCO3)C(=O)CC2CN(C(=O)OC(C)(C)C)CCN2)c([N+](=O)[O-])c1. The molecule has 0 radical (unpaired) electrons. The highest BCUT2D eigenvalue weighted by Crippen LogP contribution is 2.33. The van der Waals surface area contributed by atoms with Gasteiger partial charge in [0.1, 0.15) is 5.60 Å². The molecule has 16 heteroatoms. The first-order valence-electron chi connectivity index (χ1n) is 16.7. The van der Waals surface area contributed by atoms with E-state index in [4.69, 9.17) is 19.9 Å². The van der Waals surface area contributed by atoms with Gasteiger partial charge < -0.3 is 40.4 Å². The number of nitro groups is 1. The minimum atomic E-state index is -0.782. The third-order valence-electron chi connectivity index (χ3n) is 8.25. The molecule has 16 nitrogen and oxygen atoms in total. The molecule has 2 aromatic rings. The maximum absolute atomic E-state index is 13.9. The molecular formula is C34H47N7O9. The summed E-state index contributed by atoms with van der Waals surface area (Å²) in [5.74, 6) is -0.564. The minimum absolute atomic E-state index is 0.00183. The molecule has 2 atom stereocenters.